The number of hydrogen-bond acceptors (Lipinski definition) is 5. The van der Waals surface area contributed by atoms with Gasteiger partial charge in [-0.05, 0) is 50.8 Å². The minimum absolute atomic E-state index is 0.0319. The molecule has 1 saturated carbocycles. The van der Waals surface area contributed by atoms with E-state index in [0.717, 1.165) is 51.4 Å². The van der Waals surface area contributed by atoms with Gasteiger partial charge in [0.25, 0.3) is 5.91 Å². The molecule has 1 unspecified atom stereocenters. The third-order valence-electron chi connectivity index (χ3n) is 5.45. The van der Waals surface area contributed by atoms with E-state index < -0.39 is 11.6 Å². The van der Waals surface area contributed by atoms with Crippen molar-refractivity contribution >= 4 is 17.6 Å². The number of rotatable bonds is 9. The average molecular weight is 406 g/mol. The predicted octanol–water partition coefficient (Wildman–Crippen LogP) is 5.11. The third kappa shape index (κ3) is 6.20. The van der Waals surface area contributed by atoms with E-state index in [1.807, 2.05) is 20.8 Å². The molecule has 1 fully saturated rings. The Morgan fingerprint density at radius 3 is 2.41 bits per heavy atom. The smallest absolute Gasteiger partial charge is 0.341 e. The highest BCUT2D eigenvalue weighted by molar-refractivity contribution is 5.99. The van der Waals surface area contributed by atoms with E-state index in [1.165, 1.54) is 7.11 Å². The molecule has 162 valence electrons. The largest absolute Gasteiger partial charge is 0.490 e. The summed E-state index contributed by atoms with van der Waals surface area (Å²) < 4.78 is 16.8. The normalized spacial score (nSPS) is 17.1. The van der Waals surface area contributed by atoms with Crippen molar-refractivity contribution in [2.75, 3.05) is 19.0 Å². The lowest BCUT2D eigenvalue weighted by Gasteiger charge is -2.31. The number of carbonyl (C=O) groups is 2. The van der Waals surface area contributed by atoms with Crippen molar-refractivity contribution in [3.8, 4) is 5.75 Å². The minimum atomic E-state index is -0.802. The van der Waals surface area contributed by atoms with Crippen molar-refractivity contribution in [3.05, 3.63) is 23.8 Å². The van der Waals surface area contributed by atoms with Crippen LogP contribution in [0.1, 0.15) is 82.5 Å². The molecule has 0 heterocycles. The second kappa shape index (κ2) is 11.2. The van der Waals surface area contributed by atoms with Gasteiger partial charge in [-0.2, -0.15) is 0 Å². The highest BCUT2D eigenvalue weighted by Gasteiger charge is 2.39. The van der Waals surface area contributed by atoms with E-state index in [2.05, 4.69) is 5.32 Å². The number of hydrogen-bond donors (Lipinski definition) is 1. The molecule has 29 heavy (non-hydrogen) atoms. The Morgan fingerprint density at radius 1 is 1.14 bits per heavy atom. The van der Waals surface area contributed by atoms with Crippen LogP contribution in [0.5, 0.6) is 5.75 Å². The van der Waals surface area contributed by atoms with Crippen LogP contribution in [0.2, 0.25) is 0 Å². The van der Waals surface area contributed by atoms with Crippen molar-refractivity contribution in [1.82, 2.24) is 0 Å². The van der Waals surface area contributed by atoms with Gasteiger partial charge in [0, 0.05) is 12.3 Å². The summed E-state index contributed by atoms with van der Waals surface area (Å²) in [5.74, 6) is -0.180. The Bertz CT molecular complexity index is 680. The zero-order valence-corrected chi connectivity index (χ0v) is 18.2. The fraction of sp³-hybridized carbons (Fsp3) is 0.652. The molecule has 1 aromatic carbocycles. The first-order chi connectivity index (χ1) is 14.0. The summed E-state index contributed by atoms with van der Waals surface area (Å²) in [5, 5.41) is 2.98. The topological polar surface area (TPSA) is 73.9 Å². The summed E-state index contributed by atoms with van der Waals surface area (Å²) in [4.78, 5) is 25.5. The average Bonchev–Trinajstić information content (AvgIpc) is 2.99. The Kier molecular flexibility index (Phi) is 8.96. The lowest BCUT2D eigenvalue weighted by atomic mass is 9.92. The van der Waals surface area contributed by atoms with Crippen LogP contribution < -0.4 is 10.1 Å². The van der Waals surface area contributed by atoms with Crippen LogP contribution in [-0.2, 0) is 14.3 Å². The van der Waals surface area contributed by atoms with Gasteiger partial charge in [-0.3, -0.25) is 4.79 Å². The summed E-state index contributed by atoms with van der Waals surface area (Å²) in [6.07, 6.45) is 7.29. The van der Waals surface area contributed by atoms with Crippen molar-refractivity contribution < 1.29 is 23.8 Å². The molecule has 6 nitrogen and oxygen atoms in total. The van der Waals surface area contributed by atoms with Crippen LogP contribution in [0.15, 0.2) is 18.2 Å². The molecule has 1 N–H and O–H groups in total. The predicted molar refractivity (Wildman–Crippen MR) is 113 cm³/mol. The third-order valence-corrected chi connectivity index (χ3v) is 5.45. The fourth-order valence-electron chi connectivity index (χ4n) is 3.56. The molecule has 1 amide bonds. The number of carbonyl (C=O) groups excluding carboxylic acids is 2. The SMILES string of the molecule is CCCOC1(C(=O)Nc2ccc(OC(C)CC)c(C(=O)OC)c2)CCCCCC1. The van der Waals surface area contributed by atoms with Crippen LogP contribution in [0, 0.1) is 0 Å². The maximum Gasteiger partial charge on any atom is 0.341 e. The Labute approximate surface area is 174 Å². The lowest BCUT2D eigenvalue weighted by molar-refractivity contribution is -0.143. The van der Waals surface area contributed by atoms with Gasteiger partial charge in [-0.25, -0.2) is 4.79 Å². The zero-order valence-electron chi connectivity index (χ0n) is 18.2. The van der Waals surface area contributed by atoms with E-state index in [0.29, 0.717) is 23.6 Å². The van der Waals surface area contributed by atoms with Crippen molar-refractivity contribution in [3.63, 3.8) is 0 Å². The number of nitrogens with one attached hydrogen (secondary N) is 1. The Balaban J connectivity index is 2.26. The van der Waals surface area contributed by atoms with E-state index in [4.69, 9.17) is 14.2 Å². The standard InChI is InChI=1S/C23H35NO5/c1-5-15-28-23(13-9-7-8-10-14-23)22(26)24-18-11-12-20(29-17(3)6-2)19(16-18)21(25)27-4/h11-12,16-17H,5-10,13-15H2,1-4H3,(H,24,26). The van der Waals surface area contributed by atoms with Crippen LogP contribution >= 0.6 is 0 Å². The maximum absolute atomic E-state index is 13.2. The molecule has 0 radical (unpaired) electrons. The van der Waals surface area contributed by atoms with Crippen molar-refractivity contribution in [2.45, 2.75) is 83.8 Å². The fourth-order valence-corrected chi connectivity index (χ4v) is 3.56. The van der Waals surface area contributed by atoms with Gasteiger partial charge in [-0.1, -0.05) is 39.5 Å². The Hall–Kier alpha value is -2.08. The van der Waals surface area contributed by atoms with E-state index >= 15 is 0 Å². The van der Waals surface area contributed by atoms with E-state index in [1.54, 1.807) is 18.2 Å². The summed E-state index contributed by atoms with van der Waals surface area (Å²) in [7, 11) is 1.33. The van der Waals surface area contributed by atoms with Gasteiger partial charge in [0.05, 0.1) is 13.2 Å². The summed E-state index contributed by atoms with van der Waals surface area (Å²) >= 11 is 0. The molecular weight excluding hydrogens is 370 g/mol. The Morgan fingerprint density at radius 2 is 1.83 bits per heavy atom. The minimum Gasteiger partial charge on any atom is -0.490 e. The number of anilines is 1. The summed E-state index contributed by atoms with van der Waals surface area (Å²) in [5.41, 5.74) is 0.0368. The highest BCUT2D eigenvalue weighted by atomic mass is 16.5. The molecule has 1 aromatic rings. The molecule has 0 aliphatic heterocycles. The molecule has 0 aromatic heterocycles. The first kappa shape index (κ1) is 23.2. The molecule has 6 heteroatoms. The van der Waals surface area contributed by atoms with Gasteiger partial charge in [-0.15, -0.1) is 0 Å². The first-order valence-electron chi connectivity index (χ1n) is 10.8. The lowest BCUT2D eigenvalue weighted by Crippen LogP contribution is -2.45. The summed E-state index contributed by atoms with van der Waals surface area (Å²) in [6.45, 7) is 6.56. The van der Waals surface area contributed by atoms with Crippen LogP contribution in [0.3, 0.4) is 0 Å². The molecule has 0 spiro atoms. The number of benzene rings is 1. The van der Waals surface area contributed by atoms with Gasteiger partial charge in [0.1, 0.15) is 16.9 Å². The van der Waals surface area contributed by atoms with Crippen molar-refractivity contribution in [1.29, 1.82) is 0 Å². The second-order valence-corrected chi connectivity index (χ2v) is 7.75. The number of amides is 1. The van der Waals surface area contributed by atoms with Gasteiger partial charge >= 0.3 is 5.97 Å². The molecule has 1 aliphatic carbocycles. The molecular formula is C23H35NO5. The first-order valence-corrected chi connectivity index (χ1v) is 10.8. The van der Waals surface area contributed by atoms with E-state index in [9.17, 15) is 9.59 Å². The quantitative estimate of drug-likeness (QED) is 0.456. The van der Waals surface area contributed by atoms with Crippen LogP contribution in [-0.4, -0.2) is 37.3 Å². The monoisotopic (exact) mass is 405 g/mol. The van der Waals surface area contributed by atoms with Crippen LogP contribution in [0.25, 0.3) is 0 Å². The molecule has 0 saturated heterocycles. The van der Waals surface area contributed by atoms with Gasteiger partial charge < -0.3 is 19.5 Å². The molecule has 1 aliphatic rings. The maximum atomic E-state index is 13.2. The molecule has 0 bridgehead atoms. The highest BCUT2D eigenvalue weighted by Crippen LogP contribution is 2.33. The van der Waals surface area contributed by atoms with Gasteiger partial charge in [0.2, 0.25) is 0 Å². The number of methoxy groups -OCH3 is 1. The van der Waals surface area contributed by atoms with Crippen LogP contribution in [0.4, 0.5) is 5.69 Å². The number of ether oxygens (including phenoxy) is 3. The second-order valence-electron chi connectivity index (χ2n) is 7.75. The summed E-state index contributed by atoms with van der Waals surface area (Å²) in [6, 6.07) is 5.08. The molecule has 2 rings (SSSR count). The van der Waals surface area contributed by atoms with E-state index in [-0.39, 0.29) is 12.0 Å². The van der Waals surface area contributed by atoms with Crippen molar-refractivity contribution in [2.24, 2.45) is 0 Å². The van der Waals surface area contributed by atoms with Gasteiger partial charge in [0.15, 0.2) is 0 Å². The number of esters is 1. The molecule has 1 atom stereocenters. The zero-order chi connectivity index (χ0) is 21.3.